The first kappa shape index (κ1) is 15.4. The third-order valence-corrected chi connectivity index (χ3v) is 3.98. The number of hydrogen-bond donors (Lipinski definition) is 0. The summed E-state index contributed by atoms with van der Waals surface area (Å²) < 4.78 is 31.1. The molecular weight excluding hydrogens is 329 g/mol. The lowest BCUT2D eigenvalue weighted by Gasteiger charge is -2.14. The van der Waals surface area contributed by atoms with Crippen LogP contribution in [-0.2, 0) is 0 Å². The van der Waals surface area contributed by atoms with Crippen LogP contribution in [0.1, 0.15) is 12.0 Å². The van der Waals surface area contributed by atoms with Crippen LogP contribution in [0.5, 0.6) is 5.75 Å². The molecule has 0 aliphatic carbocycles. The van der Waals surface area contributed by atoms with E-state index in [0.717, 1.165) is 0 Å². The number of para-hydroxylation sites is 1. The topological polar surface area (TPSA) is 9.23 Å². The first-order valence-corrected chi connectivity index (χ1v) is 6.69. The summed E-state index contributed by atoms with van der Waals surface area (Å²) in [5.74, 6) is 0.0944. The van der Waals surface area contributed by atoms with Gasteiger partial charge < -0.3 is 4.74 Å². The number of ether oxygens (including phenoxy) is 1. The lowest BCUT2D eigenvalue weighted by molar-refractivity contribution is 0.147. The lowest BCUT2D eigenvalue weighted by atomic mass is 10.0. The average molecular weight is 338 g/mol. The number of alkyl halides is 2. The molecule has 1 nitrogen and oxygen atoms in total. The average Bonchev–Trinajstić information content (AvgIpc) is 2.43. The Balaban J connectivity index is 2.67. The molecule has 0 radical (unpaired) electrons. The molecule has 2 aromatic carbocycles. The summed E-state index contributed by atoms with van der Waals surface area (Å²) in [5, 5.41) is 0.721. The first-order valence-electron chi connectivity index (χ1n) is 5.55. The van der Waals surface area contributed by atoms with Crippen LogP contribution < -0.4 is 4.74 Å². The second-order valence-corrected chi connectivity index (χ2v) is 5.17. The molecule has 0 unspecified atom stereocenters. The van der Waals surface area contributed by atoms with Crippen molar-refractivity contribution in [2.75, 3.05) is 7.11 Å². The Morgan fingerprint density at radius 1 is 1.05 bits per heavy atom. The Hall–Kier alpha value is -1.03. The monoisotopic (exact) mass is 336 g/mol. The van der Waals surface area contributed by atoms with Crippen LogP contribution in [0.4, 0.5) is 8.78 Å². The maximum absolute atomic E-state index is 13.0. The molecule has 0 heterocycles. The van der Waals surface area contributed by atoms with Gasteiger partial charge in [0.05, 0.1) is 27.7 Å². The molecule has 2 rings (SSSR count). The SMILES string of the molecule is COc1c(-c2cc(Cl)c(Cl)c(Cl)c2)cccc1C(F)F. The van der Waals surface area contributed by atoms with E-state index in [9.17, 15) is 8.78 Å². The highest BCUT2D eigenvalue weighted by Crippen LogP contribution is 2.41. The number of benzene rings is 2. The van der Waals surface area contributed by atoms with Crippen LogP contribution in [-0.4, -0.2) is 7.11 Å². The summed E-state index contributed by atoms with van der Waals surface area (Å²) in [6.45, 7) is 0. The van der Waals surface area contributed by atoms with Crippen LogP contribution in [0.15, 0.2) is 30.3 Å². The third kappa shape index (κ3) is 2.85. The standard InChI is InChI=1S/C14H9Cl3F2O/c1-20-13-8(3-2-4-9(13)14(18)19)7-5-10(15)12(17)11(16)6-7/h2-6,14H,1H3. The highest BCUT2D eigenvalue weighted by atomic mass is 35.5. The zero-order valence-electron chi connectivity index (χ0n) is 10.3. The van der Waals surface area contributed by atoms with E-state index in [1.165, 1.54) is 19.2 Å². The van der Waals surface area contributed by atoms with Gasteiger partial charge in [-0.05, 0) is 23.8 Å². The van der Waals surface area contributed by atoms with Gasteiger partial charge in [-0.2, -0.15) is 0 Å². The van der Waals surface area contributed by atoms with Crippen molar-refractivity contribution in [1.29, 1.82) is 0 Å². The third-order valence-electron chi connectivity index (χ3n) is 2.78. The Bertz CT molecular complexity index is 621. The number of halogens is 5. The minimum absolute atomic E-state index is 0.0944. The quantitative estimate of drug-likeness (QED) is 0.601. The first-order chi connectivity index (χ1) is 9.45. The van der Waals surface area contributed by atoms with Crippen molar-refractivity contribution in [2.45, 2.75) is 6.43 Å². The van der Waals surface area contributed by atoms with Crippen molar-refractivity contribution in [1.82, 2.24) is 0 Å². The summed E-state index contributed by atoms with van der Waals surface area (Å²) in [6.07, 6.45) is -2.64. The summed E-state index contributed by atoms with van der Waals surface area (Å²) in [4.78, 5) is 0. The molecule has 0 saturated carbocycles. The fourth-order valence-electron chi connectivity index (χ4n) is 1.89. The van der Waals surface area contributed by atoms with Crippen molar-refractivity contribution >= 4 is 34.8 Å². The maximum atomic E-state index is 13.0. The Morgan fingerprint density at radius 3 is 2.15 bits per heavy atom. The van der Waals surface area contributed by atoms with Crippen molar-refractivity contribution in [3.8, 4) is 16.9 Å². The highest BCUT2D eigenvalue weighted by Gasteiger charge is 2.18. The zero-order valence-corrected chi connectivity index (χ0v) is 12.5. The largest absolute Gasteiger partial charge is 0.496 e. The molecule has 0 aliphatic rings. The van der Waals surface area contributed by atoms with E-state index in [2.05, 4.69) is 0 Å². The van der Waals surface area contributed by atoms with Gasteiger partial charge in [-0.15, -0.1) is 0 Å². The summed E-state index contributed by atoms with van der Waals surface area (Å²) in [5.41, 5.74) is 0.849. The summed E-state index contributed by atoms with van der Waals surface area (Å²) in [7, 11) is 1.34. The van der Waals surface area contributed by atoms with E-state index in [1.54, 1.807) is 18.2 Å². The Morgan fingerprint density at radius 2 is 1.65 bits per heavy atom. The summed E-state index contributed by atoms with van der Waals surface area (Å²) in [6, 6.07) is 7.61. The van der Waals surface area contributed by atoms with Gasteiger partial charge in [0.25, 0.3) is 6.43 Å². The van der Waals surface area contributed by atoms with E-state index >= 15 is 0 Å². The van der Waals surface area contributed by atoms with Crippen molar-refractivity contribution in [3.05, 3.63) is 51.0 Å². The predicted octanol–water partition coefficient (Wildman–Crippen LogP) is 6.26. The van der Waals surface area contributed by atoms with E-state index in [1.807, 2.05) is 0 Å². The fraction of sp³-hybridized carbons (Fsp3) is 0.143. The molecule has 0 saturated heterocycles. The van der Waals surface area contributed by atoms with Gasteiger partial charge in [0.1, 0.15) is 5.75 Å². The molecule has 0 N–H and O–H groups in total. The molecule has 2 aromatic rings. The Kier molecular flexibility index (Phi) is 4.74. The molecule has 0 aromatic heterocycles. The van der Waals surface area contributed by atoms with E-state index in [-0.39, 0.29) is 26.4 Å². The molecule has 0 amide bonds. The second-order valence-electron chi connectivity index (χ2n) is 3.98. The van der Waals surface area contributed by atoms with E-state index in [0.29, 0.717) is 11.1 Å². The van der Waals surface area contributed by atoms with Crippen LogP contribution in [0, 0.1) is 0 Å². The maximum Gasteiger partial charge on any atom is 0.267 e. The predicted molar refractivity (Wildman–Crippen MR) is 78.4 cm³/mol. The van der Waals surface area contributed by atoms with Gasteiger partial charge in [-0.25, -0.2) is 8.78 Å². The fourth-order valence-corrected chi connectivity index (χ4v) is 2.49. The van der Waals surface area contributed by atoms with Gasteiger partial charge in [-0.1, -0.05) is 46.9 Å². The smallest absolute Gasteiger partial charge is 0.267 e. The molecule has 20 heavy (non-hydrogen) atoms. The van der Waals surface area contributed by atoms with Crippen molar-refractivity contribution < 1.29 is 13.5 Å². The molecule has 0 spiro atoms. The van der Waals surface area contributed by atoms with Crippen molar-refractivity contribution in [3.63, 3.8) is 0 Å². The summed E-state index contributed by atoms with van der Waals surface area (Å²) >= 11 is 17.8. The molecular formula is C14H9Cl3F2O. The molecule has 0 aliphatic heterocycles. The van der Waals surface area contributed by atoms with E-state index < -0.39 is 6.43 Å². The van der Waals surface area contributed by atoms with Crippen LogP contribution in [0.25, 0.3) is 11.1 Å². The molecule has 0 bridgehead atoms. The Labute approximate surface area is 130 Å². The minimum atomic E-state index is -2.64. The lowest BCUT2D eigenvalue weighted by Crippen LogP contribution is -1.95. The van der Waals surface area contributed by atoms with Crippen molar-refractivity contribution in [2.24, 2.45) is 0 Å². The van der Waals surface area contributed by atoms with Crippen LogP contribution in [0.3, 0.4) is 0 Å². The molecule has 0 fully saturated rings. The highest BCUT2D eigenvalue weighted by molar-refractivity contribution is 6.48. The van der Waals surface area contributed by atoms with E-state index in [4.69, 9.17) is 39.5 Å². The van der Waals surface area contributed by atoms with Crippen LogP contribution in [0.2, 0.25) is 15.1 Å². The molecule has 106 valence electrons. The number of rotatable bonds is 3. The molecule has 0 atom stereocenters. The minimum Gasteiger partial charge on any atom is -0.496 e. The van der Waals surface area contributed by atoms with Gasteiger partial charge >= 0.3 is 0 Å². The second kappa shape index (κ2) is 6.17. The number of methoxy groups -OCH3 is 1. The number of hydrogen-bond acceptors (Lipinski definition) is 1. The van der Waals surface area contributed by atoms with Gasteiger partial charge in [0, 0.05) is 5.56 Å². The van der Waals surface area contributed by atoms with Gasteiger partial charge in [0.15, 0.2) is 0 Å². The molecule has 6 heteroatoms. The van der Waals surface area contributed by atoms with Gasteiger partial charge in [-0.3, -0.25) is 0 Å². The zero-order chi connectivity index (χ0) is 14.9. The van der Waals surface area contributed by atoms with Gasteiger partial charge in [0.2, 0.25) is 0 Å². The van der Waals surface area contributed by atoms with Crippen LogP contribution >= 0.6 is 34.8 Å². The normalized spacial score (nSPS) is 10.9.